The van der Waals surface area contributed by atoms with Crippen LogP contribution in [0.2, 0.25) is 0 Å². The van der Waals surface area contributed by atoms with Gasteiger partial charge in [0, 0.05) is 18.4 Å². The number of hydrogen-bond acceptors (Lipinski definition) is 3. The van der Waals surface area contributed by atoms with E-state index in [0.717, 1.165) is 6.54 Å². The van der Waals surface area contributed by atoms with E-state index in [1.165, 1.54) is 24.0 Å². The van der Waals surface area contributed by atoms with Crippen LogP contribution in [0.5, 0.6) is 0 Å². The van der Waals surface area contributed by atoms with Gasteiger partial charge in [0.15, 0.2) is 0 Å². The fourth-order valence-corrected chi connectivity index (χ4v) is 2.92. The summed E-state index contributed by atoms with van der Waals surface area (Å²) >= 11 is 0. The van der Waals surface area contributed by atoms with Crippen molar-refractivity contribution in [2.75, 3.05) is 6.54 Å². The fraction of sp³-hybridized carbons (Fsp3) is 0.474. The number of hydrogen-bond donors (Lipinski definition) is 2. The summed E-state index contributed by atoms with van der Waals surface area (Å²) in [6.07, 6.45) is 6.09. The highest BCUT2D eigenvalue weighted by atomic mass is 16.2. The average Bonchev–Trinajstić information content (AvgIpc) is 3.29. The van der Waals surface area contributed by atoms with Gasteiger partial charge in [-0.2, -0.15) is 5.10 Å². The molecule has 3 rings (SSSR count). The Hall–Kier alpha value is -2.14. The predicted octanol–water partition coefficient (Wildman–Crippen LogP) is 2.44. The average molecular weight is 326 g/mol. The molecule has 0 saturated heterocycles. The maximum absolute atomic E-state index is 12.3. The zero-order valence-corrected chi connectivity index (χ0v) is 14.4. The van der Waals surface area contributed by atoms with Crippen LogP contribution in [0.1, 0.15) is 36.9 Å². The molecule has 5 nitrogen and oxygen atoms in total. The van der Waals surface area contributed by atoms with Gasteiger partial charge in [0.25, 0.3) is 0 Å². The molecule has 1 heterocycles. The quantitative estimate of drug-likeness (QED) is 0.783. The highest BCUT2D eigenvalue weighted by Crippen LogP contribution is 2.40. The summed E-state index contributed by atoms with van der Waals surface area (Å²) in [6, 6.07) is 10.7. The second-order valence-corrected chi connectivity index (χ2v) is 6.80. The third-order valence-corrected chi connectivity index (χ3v) is 4.48. The van der Waals surface area contributed by atoms with E-state index in [0.29, 0.717) is 12.5 Å². The highest BCUT2D eigenvalue weighted by Gasteiger charge is 2.33. The Morgan fingerprint density at radius 3 is 2.71 bits per heavy atom. The molecule has 1 aliphatic carbocycles. The first-order chi connectivity index (χ1) is 11.6. The summed E-state index contributed by atoms with van der Waals surface area (Å²) < 4.78 is 1.87. The molecular weight excluding hydrogens is 300 g/mol. The number of amides is 1. The minimum atomic E-state index is 0.0554. The van der Waals surface area contributed by atoms with Crippen molar-refractivity contribution >= 4 is 5.91 Å². The fourth-order valence-electron chi connectivity index (χ4n) is 2.92. The number of benzene rings is 1. The normalized spacial score (nSPS) is 16.6. The Labute approximate surface area is 143 Å². The van der Waals surface area contributed by atoms with Crippen molar-refractivity contribution in [3.63, 3.8) is 0 Å². The molecule has 0 aliphatic heterocycles. The van der Waals surface area contributed by atoms with Crippen LogP contribution >= 0.6 is 0 Å². The summed E-state index contributed by atoms with van der Waals surface area (Å²) in [7, 11) is 0. The van der Waals surface area contributed by atoms with E-state index in [2.05, 4.69) is 53.8 Å². The third-order valence-electron chi connectivity index (χ3n) is 4.48. The molecule has 24 heavy (non-hydrogen) atoms. The van der Waals surface area contributed by atoms with Gasteiger partial charge < -0.3 is 10.6 Å². The van der Waals surface area contributed by atoms with Crippen molar-refractivity contribution in [1.29, 1.82) is 0 Å². The molecule has 1 aromatic heterocycles. The highest BCUT2D eigenvalue weighted by molar-refractivity contribution is 5.78. The molecular formula is C19H26N4O. The Morgan fingerprint density at radius 1 is 1.33 bits per heavy atom. The summed E-state index contributed by atoms with van der Waals surface area (Å²) in [5.41, 5.74) is 2.45. The van der Waals surface area contributed by atoms with Gasteiger partial charge in [-0.05, 0) is 44.2 Å². The van der Waals surface area contributed by atoms with Crippen molar-refractivity contribution in [2.45, 2.75) is 45.3 Å². The van der Waals surface area contributed by atoms with Crippen LogP contribution in [0.3, 0.4) is 0 Å². The van der Waals surface area contributed by atoms with E-state index in [-0.39, 0.29) is 18.0 Å². The lowest BCUT2D eigenvalue weighted by molar-refractivity contribution is -0.121. The van der Waals surface area contributed by atoms with Crippen LogP contribution in [0, 0.1) is 12.8 Å². The van der Waals surface area contributed by atoms with Crippen LogP contribution in [0.15, 0.2) is 42.7 Å². The minimum Gasteiger partial charge on any atom is -0.348 e. The number of rotatable bonds is 8. The predicted molar refractivity (Wildman–Crippen MR) is 94.5 cm³/mol. The van der Waals surface area contributed by atoms with Gasteiger partial charge in [-0.15, -0.1) is 0 Å². The molecule has 1 saturated carbocycles. The standard InChI is InChI=1S/C19H26N4O/c1-14-4-6-16(7-5-14)19(17-8-9-17)22-18(24)12-20-15(2)13-23-11-3-10-21-23/h3-7,10-11,15,17,19-20H,8-9,12-13H2,1-2H3,(H,22,24)/t15-,19+/m0/s1. The Bertz CT molecular complexity index is 647. The van der Waals surface area contributed by atoms with Crippen molar-refractivity contribution in [3.8, 4) is 0 Å². The van der Waals surface area contributed by atoms with Crippen LogP contribution in [-0.2, 0) is 11.3 Å². The number of nitrogens with one attached hydrogen (secondary N) is 2. The first kappa shape index (κ1) is 16.7. The number of aromatic nitrogens is 2. The Balaban J connectivity index is 1.49. The Kier molecular flexibility index (Phi) is 5.30. The van der Waals surface area contributed by atoms with E-state index in [1.54, 1.807) is 6.20 Å². The molecule has 5 heteroatoms. The summed E-state index contributed by atoms with van der Waals surface area (Å²) in [6.45, 7) is 5.23. The van der Waals surface area contributed by atoms with Gasteiger partial charge in [0.05, 0.1) is 19.1 Å². The first-order valence-electron chi connectivity index (χ1n) is 8.68. The molecule has 0 unspecified atom stereocenters. The summed E-state index contributed by atoms with van der Waals surface area (Å²) in [4.78, 5) is 12.3. The van der Waals surface area contributed by atoms with Crippen molar-refractivity contribution in [3.05, 3.63) is 53.9 Å². The van der Waals surface area contributed by atoms with Gasteiger partial charge in [0.2, 0.25) is 5.91 Å². The lowest BCUT2D eigenvalue weighted by Crippen LogP contribution is -2.41. The number of aryl methyl sites for hydroxylation is 1. The SMILES string of the molecule is Cc1ccc([C@@H](NC(=O)CN[C@@H](C)Cn2cccn2)C2CC2)cc1. The minimum absolute atomic E-state index is 0.0554. The monoisotopic (exact) mass is 326 g/mol. The zero-order chi connectivity index (χ0) is 16.9. The maximum atomic E-state index is 12.3. The van der Waals surface area contributed by atoms with E-state index < -0.39 is 0 Å². The smallest absolute Gasteiger partial charge is 0.234 e. The number of nitrogens with zero attached hydrogens (tertiary/aromatic N) is 2. The zero-order valence-electron chi connectivity index (χ0n) is 14.4. The molecule has 1 aromatic carbocycles. The third kappa shape index (κ3) is 4.68. The van der Waals surface area contributed by atoms with Crippen LogP contribution in [0.4, 0.5) is 0 Å². The van der Waals surface area contributed by atoms with Crippen LogP contribution in [-0.4, -0.2) is 28.3 Å². The van der Waals surface area contributed by atoms with Gasteiger partial charge in [0.1, 0.15) is 0 Å². The van der Waals surface area contributed by atoms with Gasteiger partial charge in [-0.1, -0.05) is 29.8 Å². The van der Waals surface area contributed by atoms with Crippen LogP contribution in [0.25, 0.3) is 0 Å². The van der Waals surface area contributed by atoms with Crippen molar-refractivity contribution < 1.29 is 4.79 Å². The molecule has 0 bridgehead atoms. The maximum Gasteiger partial charge on any atom is 0.234 e. The van der Waals surface area contributed by atoms with E-state index in [9.17, 15) is 4.79 Å². The molecule has 1 amide bonds. The second kappa shape index (κ2) is 7.62. The summed E-state index contributed by atoms with van der Waals surface area (Å²) in [5.74, 6) is 0.637. The molecule has 1 aliphatic rings. The number of carbonyl (C=O) groups is 1. The van der Waals surface area contributed by atoms with Crippen molar-refractivity contribution in [1.82, 2.24) is 20.4 Å². The van der Waals surface area contributed by atoms with E-state index in [4.69, 9.17) is 0 Å². The van der Waals surface area contributed by atoms with E-state index in [1.807, 2.05) is 16.9 Å². The molecule has 2 N–H and O–H groups in total. The van der Waals surface area contributed by atoms with Crippen LogP contribution < -0.4 is 10.6 Å². The first-order valence-corrected chi connectivity index (χ1v) is 8.68. The van der Waals surface area contributed by atoms with Crippen molar-refractivity contribution in [2.24, 2.45) is 5.92 Å². The van der Waals surface area contributed by atoms with Gasteiger partial charge in [-0.3, -0.25) is 9.48 Å². The van der Waals surface area contributed by atoms with E-state index >= 15 is 0 Å². The van der Waals surface area contributed by atoms with Gasteiger partial charge >= 0.3 is 0 Å². The lowest BCUT2D eigenvalue weighted by Gasteiger charge is -2.20. The molecule has 1 fully saturated rings. The molecule has 2 aromatic rings. The largest absolute Gasteiger partial charge is 0.348 e. The second-order valence-electron chi connectivity index (χ2n) is 6.80. The molecule has 0 spiro atoms. The molecule has 0 radical (unpaired) electrons. The molecule has 2 atom stereocenters. The summed E-state index contributed by atoms with van der Waals surface area (Å²) in [5, 5.41) is 10.7. The van der Waals surface area contributed by atoms with Gasteiger partial charge in [-0.25, -0.2) is 0 Å². The Morgan fingerprint density at radius 2 is 2.08 bits per heavy atom. The lowest BCUT2D eigenvalue weighted by atomic mass is 10.0. The number of carbonyl (C=O) groups excluding carboxylic acids is 1. The molecule has 128 valence electrons. The topological polar surface area (TPSA) is 59.0 Å².